The number of ether oxygens (including phenoxy) is 3. The summed E-state index contributed by atoms with van der Waals surface area (Å²) in [6, 6.07) is 0. The van der Waals surface area contributed by atoms with E-state index in [0.717, 1.165) is 51.4 Å². The summed E-state index contributed by atoms with van der Waals surface area (Å²) in [6.07, 6.45) is 37.0. The van der Waals surface area contributed by atoms with Crippen LogP contribution in [-0.2, 0) is 23.8 Å². The zero-order chi connectivity index (χ0) is 36.4. The fraction of sp³-hybridized carbons (Fsp3) is 0.955. The van der Waals surface area contributed by atoms with Crippen LogP contribution in [0.4, 0.5) is 0 Å². The average Bonchev–Trinajstić information content (AvgIpc) is 4.04. The Hall–Kier alpha value is -1.18. The maximum atomic E-state index is 13.0. The molecule has 8 atom stereocenters. The van der Waals surface area contributed by atoms with Crippen LogP contribution in [0.25, 0.3) is 0 Å². The number of carboxylic acids is 2. The molecule has 3 aliphatic heterocycles. The van der Waals surface area contributed by atoms with Crippen LogP contribution in [0.5, 0.6) is 0 Å². The van der Waals surface area contributed by atoms with Crippen molar-refractivity contribution in [1.82, 2.24) is 0 Å². The molecule has 0 aromatic heterocycles. The van der Waals surface area contributed by atoms with Crippen molar-refractivity contribution >= 4 is 11.9 Å². The van der Waals surface area contributed by atoms with E-state index in [0.29, 0.717) is 50.1 Å². The summed E-state index contributed by atoms with van der Waals surface area (Å²) in [5.41, 5.74) is -2.47. The van der Waals surface area contributed by atoms with E-state index >= 15 is 0 Å². The van der Waals surface area contributed by atoms with Gasteiger partial charge in [-0.15, -0.1) is 0 Å². The lowest BCUT2D eigenvalue weighted by atomic mass is 9.52. The van der Waals surface area contributed by atoms with Crippen molar-refractivity contribution in [2.45, 2.75) is 256 Å². The molecule has 2 N–H and O–H groups in total. The number of epoxide rings is 3. The molecule has 4 fully saturated rings. The highest BCUT2D eigenvalue weighted by molar-refractivity contribution is 5.87. The third kappa shape index (κ3) is 13.9. The van der Waals surface area contributed by atoms with E-state index in [1.165, 1.54) is 128 Å². The van der Waals surface area contributed by atoms with E-state index in [2.05, 4.69) is 13.8 Å². The molecule has 0 bridgehead atoms. The third-order valence-corrected chi connectivity index (χ3v) is 13.3. The fourth-order valence-electron chi connectivity index (χ4n) is 9.68. The highest BCUT2D eigenvalue weighted by Crippen LogP contribution is 2.61. The first-order valence-corrected chi connectivity index (χ1v) is 22.3. The van der Waals surface area contributed by atoms with E-state index in [-0.39, 0.29) is 12.2 Å². The Morgan fingerprint density at radius 1 is 0.431 bits per heavy atom. The number of rotatable bonds is 34. The van der Waals surface area contributed by atoms with Crippen LogP contribution in [0.3, 0.4) is 0 Å². The van der Waals surface area contributed by atoms with Crippen LogP contribution in [-0.4, -0.2) is 58.8 Å². The van der Waals surface area contributed by atoms with E-state index < -0.39 is 22.8 Å². The first-order valence-electron chi connectivity index (χ1n) is 22.3. The molecule has 7 heteroatoms. The van der Waals surface area contributed by atoms with Crippen molar-refractivity contribution in [3.05, 3.63) is 0 Å². The van der Waals surface area contributed by atoms with Crippen LogP contribution in [0.15, 0.2) is 0 Å². The molecule has 4 rings (SSSR count). The molecule has 51 heavy (non-hydrogen) atoms. The van der Waals surface area contributed by atoms with Crippen LogP contribution in [0.1, 0.15) is 219 Å². The molecule has 0 aromatic carbocycles. The maximum absolute atomic E-state index is 13.0. The smallest absolute Gasteiger partial charge is 0.310 e. The molecule has 8 unspecified atom stereocenters. The molecule has 1 saturated carbocycles. The van der Waals surface area contributed by atoms with E-state index in [1.54, 1.807) is 0 Å². The van der Waals surface area contributed by atoms with Gasteiger partial charge in [-0.3, -0.25) is 9.59 Å². The van der Waals surface area contributed by atoms with Gasteiger partial charge in [0.2, 0.25) is 0 Å². The summed E-state index contributed by atoms with van der Waals surface area (Å²) in [5.74, 6) is -1.84. The van der Waals surface area contributed by atoms with E-state index in [4.69, 9.17) is 14.2 Å². The number of hydrogen-bond donors (Lipinski definition) is 2. The Labute approximate surface area is 312 Å². The number of carboxylic acid groups (broad SMARTS) is 2. The van der Waals surface area contributed by atoms with Crippen molar-refractivity contribution in [2.75, 3.05) is 0 Å². The van der Waals surface area contributed by atoms with Crippen molar-refractivity contribution in [3.63, 3.8) is 0 Å². The zero-order valence-electron chi connectivity index (χ0n) is 33.0. The summed E-state index contributed by atoms with van der Waals surface area (Å²) >= 11 is 0. The Morgan fingerprint density at radius 2 is 0.706 bits per heavy atom. The molecular weight excluding hydrogens is 640 g/mol. The van der Waals surface area contributed by atoms with Gasteiger partial charge in [0.25, 0.3) is 0 Å². The lowest BCUT2D eigenvalue weighted by Crippen LogP contribution is -2.56. The SMILES string of the molecule is CCCCCCCCC1OC1CCCCCCCCC1(C(=O)O)CC2OC2CC1(CCCCCCCCC1OC1CCCCCCCC)C(=O)O. The third-order valence-electron chi connectivity index (χ3n) is 13.3. The lowest BCUT2D eigenvalue weighted by Gasteiger charge is -2.47. The summed E-state index contributed by atoms with van der Waals surface area (Å²) in [5, 5.41) is 21.4. The molecule has 0 amide bonds. The monoisotopic (exact) mass is 719 g/mol. The van der Waals surface area contributed by atoms with Crippen LogP contribution in [0, 0.1) is 10.8 Å². The molecule has 4 aliphatic rings. The number of hydrogen-bond acceptors (Lipinski definition) is 5. The molecule has 296 valence electrons. The normalized spacial score (nSPS) is 30.6. The van der Waals surface area contributed by atoms with Crippen molar-refractivity contribution in [2.24, 2.45) is 10.8 Å². The molecule has 0 spiro atoms. The minimum Gasteiger partial charge on any atom is -0.481 e. The molecule has 3 heterocycles. The largest absolute Gasteiger partial charge is 0.481 e. The Balaban J connectivity index is 1.07. The minimum absolute atomic E-state index is 0.0797. The van der Waals surface area contributed by atoms with Gasteiger partial charge in [0.1, 0.15) is 0 Å². The maximum Gasteiger partial charge on any atom is 0.310 e. The van der Waals surface area contributed by atoms with Gasteiger partial charge in [-0.2, -0.15) is 0 Å². The van der Waals surface area contributed by atoms with Crippen LogP contribution in [0.2, 0.25) is 0 Å². The van der Waals surface area contributed by atoms with Crippen molar-refractivity contribution < 1.29 is 34.0 Å². The molecule has 0 radical (unpaired) electrons. The number of fused-ring (bicyclic) bond motifs is 1. The summed E-state index contributed by atoms with van der Waals surface area (Å²) in [6.45, 7) is 4.53. The first-order chi connectivity index (χ1) is 24.9. The van der Waals surface area contributed by atoms with Crippen molar-refractivity contribution in [1.29, 1.82) is 0 Å². The van der Waals surface area contributed by atoms with E-state index in [9.17, 15) is 19.8 Å². The standard InChI is InChI=1S/C44H78O7/c1-3-5-7-9-15-21-27-35-37(49-35)29-23-17-11-13-19-25-31-43(41(45)46)33-39-40(51-39)34-44(43,42(47)48)32-26-20-14-12-18-24-30-38-36(50-38)28-22-16-10-8-6-4-2/h35-40H,3-34H2,1-2H3,(H,45,46)(H,47,48). The van der Waals surface area contributed by atoms with Crippen LogP contribution < -0.4 is 0 Å². The average molecular weight is 719 g/mol. The molecule has 0 aromatic rings. The number of carbonyl (C=O) groups is 2. The second-order valence-electron chi connectivity index (χ2n) is 17.3. The minimum atomic E-state index is -1.23. The highest BCUT2D eigenvalue weighted by Gasteiger charge is 2.69. The van der Waals surface area contributed by atoms with Gasteiger partial charge < -0.3 is 24.4 Å². The Kier molecular flexibility index (Phi) is 19.1. The van der Waals surface area contributed by atoms with E-state index in [1.807, 2.05) is 0 Å². The quantitative estimate of drug-likeness (QED) is 0.0503. The fourth-order valence-corrected chi connectivity index (χ4v) is 9.68. The second kappa shape index (κ2) is 22.9. The molecule has 7 nitrogen and oxygen atoms in total. The van der Waals surface area contributed by atoms with Gasteiger partial charge in [-0.1, -0.05) is 168 Å². The van der Waals surface area contributed by atoms with Gasteiger partial charge in [0.15, 0.2) is 0 Å². The lowest BCUT2D eigenvalue weighted by molar-refractivity contribution is -0.181. The Morgan fingerprint density at radius 3 is 1.00 bits per heavy atom. The Bertz CT molecular complexity index is 911. The first kappa shape index (κ1) is 42.6. The van der Waals surface area contributed by atoms with Crippen molar-refractivity contribution in [3.8, 4) is 0 Å². The highest BCUT2D eigenvalue weighted by atomic mass is 16.6. The molecule has 3 saturated heterocycles. The van der Waals surface area contributed by atoms with Gasteiger partial charge in [0, 0.05) is 0 Å². The van der Waals surface area contributed by atoms with Gasteiger partial charge >= 0.3 is 11.9 Å². The van der Waals surface area contributed by atoms with Gasteiger partial charge in [0.05, 0.1) is 47.5 Å². The topological polar surface area (TPSA) is 112 Å². The van der Waals surface area contributed by atoms with Crippen LogP contribution >= 0.6 is 0 Å². The number of unbranched alkanes of at least 4 members (excludes halogenated alkanes) is 20. The number of aliphatic carboxylic acids is 2. The molecule has 1 aliphatic carbocycles. The summed E-state index contributed by atoms with van der Waals surface area (Å²) < 4.78 is 17.7. The summed E-state index contributed by atoms with van der Waals surface area (Å²) in [7, 11) is 0. The summed E-state index contributed by atoms with van der Waals surface area (Å²) in [4.78, 5) is 26.1. The predicted molar refractivity (Wildman–Crippen MR) is 205 cm³/mol. The molecular formula is C44H78O7. The second-order valence-corrected chi connectivity index (χ2v) is 17.3. The predicted octanol–water partition coefficient (Wildman–Crippen LogP) is 12.0. The van der Waals surface area contributed by atoms with Gasteiger partial charge in [-0.25, -0.2) is 0 Å². The van der Waals surface area contributed by atoms with Gasteiger partial charge in [-0.05, 0) is 51.4 Å². The zero-order valence-corrected chi connectivity index (χ0v) is 33.0.